The minimum atomic E-state index is -0.331. The molecule has 0 saturated heterocycles. The summed E-state index contributed by atoms with van der Waals surface area (Å²) in [5, 5.41) is 3.91. The number of nitrogens with zero attached hydrogens (tertiary/aromatic N) is 2. The van der Waals surface area contributed by atoms with Crippen molar-refractivity contribution in [1.29, 1.82) is 0 Å². The number of aromatic nitrogens is 2. The summed E-state index contributed by atoms with van der Waals surface area (Å²) < 4.78 is 18.9. The summed E-state index contributed by atoms with van der Waals surface area (Å²) in [5.74, 6) is 0.447. The predicted molar refractivity (Wildman–Crippen MR) is 77.2 cm³/mol. The minimum absolute atomic E-state index is 0.331. The molecule has 0 amide bonds. The topological polar surface area (TPSA) is 64.9 Å². The lowest BCUT2D eigenvalue weighted by molar-refractivity contribution is 0.432. The molecule has 1 aromatic heterocycles. The van der Waals surface area contributed by atoms with Gasteiger partial charge in [0.2, 0.25) is 5.82 Å². The Hall–Kier alpha value is -2.21. The highest BCUT2D eigenvalue weighted by atomic mass is 79.9. The van der Waals surface area contributed by atoms with Crippen LogP contribution in [0.25, 0.3) is 22.8 Å². The SMILES string of the molecule is Nc1ccc(-c2nc(-c3ccc(F)cc3Br)no2)cc1. The van der Waals surface area contributed by atoms with E-state index < -0.39 is 0 Å². The van der Waals surface area contributed by atoms with Crippen LogP contribution in [-0.2, 0) is 0 Å². The quantitative estimate of drug-likeness (QED) is 0.722. The molecule has 4 nitrogen and oxygen atoms in total. The van der Waals surface area contributed by atoms with Crippen molar-refractivity contribution in [3.05, 3.63) is 52.8 Å². The Balaban J connectivity index is 1.99. The molecule has 0 aliphatic carbocycles. The van der Waals surface area contributed by atoms with Crippen LogP contribution in [0.2, 0.25) is 0 Å². The van der Waals surface area contributed by atoms with Crippen molar-refractivity contribution >= 4 is 21.6 Å². The third-order valence-corrected chi connectivity index (χ3v) is 3.41. The fourth-order valence-corrected chi connectivity index (χ4v) is 2.27. The third-order valence-electron chi connectivity index (χ3n) is 2.76. The second-order valence-corrected chi connectivity index (χ2v) is 5.02. The van der Waals surface area contributed by atoms with Crippen molar-refractivity contribution in [3.63, 3.8) is 0 Å². The molecule has 3 rings (SSSR count). The molecule has 0 aliphatic rings. The third kappa shape index (κ3) is 2.42. The van der Waals surface area contributed by atoms with Crippen molar-refractivity contribution < 1.29 is 8.91 Å². The van der Waals surface area contributed by atoms with Crippen LogP contribution in [-0.4, -0.2) is 10.1 Å². The average molecular weight is 334 g/mol. The van der Waals surface area contributed by atoms with Crippen LogP contribution in [0.3, 0.4) is 0 Å². The van der Waals surface area contributed by atoms with E-state index in [9.17, 15) is 4.39 Å². The van der Waals surface area contributed by atoms with Gasteiger partial charge in [-0.1, -0.05) is 5.16 Å². The summed E-state index contributed by atoms with van der Waals surface area (Å²) in [4.78, 5) is 4.30. The van der Waals surface area contributed by atoms with Crippen molar-refractivity contribution in [3.8, 4) is 22.8 Å². The van der Waals surface area contributed by atoms with Crippen molar-refractivity contribution in [2.75, 3.05) is 5.73 Å². The first-order valence-electron chi connectivity index (χ1n) is 5.78. The van der Waals surface area contributed by atoms with Gasteiger partial charge in [0.15, 0.2) is 0 Å². The molecule has 3 aromatic rings. The van der Waals surface area contributed by atoms with E-state index in [1.807, 2.05) is 0 Å². The van der Waals surface area contributed by atoms with E-state index in [0.29, 0.717) is 27.4 Å². The van der Waals surface area contributed by atoms with Gasteiger partial charge in [-0.15, -0.1) is 0 Å². The Morgan fingerprint density at radius 2 is 1.85 bits per heavy atom. The van der Waals surface area contributed by atoms with E-state index >= 15 is 0 Å². The number of rotatable bonds is 2. The van der Waals surface area contributed by atoms with Gasteiger partial charge in [0, 0.05) is 21.3 Å². The summed E-state index contributed by atoms with van der Waals surface area (Å²) in [7, 11) is 0. The van der Waals surface area contributed by atoms with Crippen LogP contribution in [0.4, 0.5) is 10.1 Å². The van der Waals surface area contributed by atoms with Crippen LogP contribution in [0, 0.1) is 5.82 Å². The fraction of sp³-hybridized carbons (Fsp3) is 0. The summed E-state index contributed by atoms with van der Waals surface area (Å²) in [6, 6.07) is 11.4. The maximum absolute atomic E-state index is 13.1. The Kier molecular flexibility index (Phi) is 3.23. The van der Waals surface area contributed by atoms with Gasteiger partial charge in [0.05, 0.1) is 0 Å². The Labute approximate surface area is 122 Å². The number of nitrogen functional groups attached to an aromatic ring is 1. The second-order valence-electron chi connectivity index (χ2n) is 4.17. The molecule has 0 saturated carbocycles. The smallest absolute Gasteiger partial charge is 0.258 e. The monoisotopic (exact) mass is 333 g/mol. The van der Waals surface area contributed by atoms with Gasteiger partial charge in [0.25, 0.3) is 5.89 Å². The molecule has 0 aliphatic heterocycles. The Morgan fingerprint density at radius 3 is 2.55 bits per heavy atom. The van der Waals surface area contributed by atoms with E-state index in [1.165, 1.54) is 12.1 Å². The van der Waals surface area contributed by atoms with Gasteiger partial charge in [-0.25, -0.2) is 4.39 Å². The first-order valence-corrected chi connectivity index (χ1v) is 6.58. The zero-order valence-corrected chi connectivity index (χ0v) is 11.8. The molecule has 1 heterocycles. The van der Waals surface area contributed by atoms with Crippen molar-refractivity contribution in [2.45, 2.75) is 0 Å². The molecule has 20 heavy (non-hydrogen) atoms. The number of benzene rings is 2. The molecule has 0 radical (unpaired) electrons. The summed E-state index contributed by atoms with van der Waals surface area (Å²) in [6.45, 7) is 0. The highest BCUT2D eigenvalue weighted by molar-refractivity contribution is 9.10. The molecule has 0 atom stereocenters. The standard InChI is InChI=1S/C14H9BrFN3O/c15-12-7-9(16)3-6-11(12)13-18-14(20-19-13)8-1-4-10(17)5-2-8/h1-7H,17H2. The van der Waals surface area contributed by atoms with Crippen LogP contribution in [0.5, 0.6) is 0 Å². The van der Waals surface area contributed by atoms with E-state index in [0.717, 1.165) is 5.56 Å². The lowest BCUT2D eigenvalue weighted by atomic mass is 10.2. The Bertz CT molecular complexity index is 755. The fourth-order valence-electron chi connectivity index (χ4n) is 1.75. The van der Waals surface area contributed by atoms with E-state index in [4.69, 9.17) is 10.3 Å². The first-order chi connectivity index (χ1) is 9.63. The molecule has 2 N–H and O–H groups in total. The molecular weight excluding hydrogens is 325 g/mol. The normalized spacial score (nSPS) is 10.7. The van der Waals surface area contributed by atoms with Gasteiger partial charge >= 0.3 is 0 Å². The predicted octanol–water partition coefficient (Wildman–Crippen LogP) is 3.89. The highest BCUT2D eigenvalue weighted by Gasteiger charge is 2.13. The summed E-state index contributed by atoms with van der Waals surface area (Å²) in [6.07, 6.45) is 0. The Morgan fingerprint density at radius 1 is 1.10 bits per heavy atom. The van der Waals surface area contributed by atoms with Gasteiger partial charge in [-0.3, -0.25) is 0 Å². The molecule has 100 valence electrons. The van der Waals surface area contributed by atoms with Crippen LogP contribution in [0.1, 0.15) is 0 Å². The zero-order chi connectivity index (χ0) is 14.1. The van der Waals surface area contributed by atoms with Crippen LogP contribution in [0.15, 0.2) is 51.5 Å². The summed E-state index contributed by atoms with van der Waals surface area (Å²) >= 11 is 3.28. The molecule has 2 aromatic carbocycles. The van der Waals surface area contributed by atoms with Crippen molar-refractivity contribution in [2.24, 2.45) is 0 Å². The first kappa shape index (κ1) is 12.8. The van der Waals surface area contributed by atoms with Gasteiger partial charge in [-0.2, -0.15) is 4.98 Å². The number of halogens is 2. The van der Waals surface area contributed by atoms with Crippen LogP contribution < -0.4 is 5.73 Å². The number of hydrogen-bond donors (Lipinski definition) is 1. The highest BCUT2D eigenvalue weighted by Crippen LogP contribution is 2.28. The molecule has 0 bridgehead atoms. The van der Waals surface area contributed by atoms with Crippen LogP contribution >= 0.6 is 15.9 Å². The lowest BCUT2D eigenvalue weighted by Crippen LogP contribution is -1.85. The van der Waals surface area contributed by atoms with Crippen molar-refractivity contribution in [1.82, 2.24) is 10.1 Å². The average Bonchev–Trinajstić information content (AvgIpc) is 2.89. The number of hydrogen-bond acceptors (Lipinski definition) is 4. The molecule has 6 heteroatoms. The van der Waals surface area contributed by atoms with Gasteiger partial charge in [0.1, 0.15) is 5.82 Å². The number of nitrogens with two attached hydrogens (primary N) is 1. The zero-order valence-electron chi connectivity index (χ0n) is 10.2. The molecular formula is C14H9BrFN3O. The van der Waals surface area contributed by atoms with Gasteiger partial charge < -0.3 is 10.3 Å². The number of anilines is 1. The maximum Gasteiger partial charge on any atom is 0.258 e. The maximum atomic E-state index is 13.1. The lowest BCUT2D eigenvalue weighted by Gasteiger charge is -1.98. The van der Waals surface area contributed by atoms with E-state index in [1.54, 1.807) is 30.3 Å². The molecule has 0 spiro atoms. The molecule has 0 fully saturated rings. The largest absolute Gasteiger partial charge is 0.399 e. The molecule has 0 unspecified atom stereocenters. The minimum Gasteiger partial charge on any atom is -0.399 e. The van der Waals surface area contributed by atoms with E-state index in [-0.39, 0.29) is 5.82 Å². The van der Waals surface area contributed by atoms with Gasteiger partial charge in [-0.05, 0) is 58.4 Å². The summed E-state index contributed by atoms with van der Waals surface area (Å²) in [5.41, 5.74) is 7.73. The second kappa shape index (κ2) is 5.05. The van der Waals surface area contributed by atoms with E-state index in [2.05, 4.69) is 26.1 Å².